The van der Waals surface area contributed by atoms with Crippen molar-refractivity contribution in [2.45, 2.75) is 6.18 Å². The van der Waals surface area contributed by atoms with E-state index in [4.69, 9.17) is 5.11 Å². The van der Waals surface area contributed by atoms with Gasteiger partial charge in [-0.25, -0.2) is 9.18 Å². The van der Waals surface area contributed by atoms with Gasteiger partial charge in [-0.1, -0.05) is 6.08 Å². The highest BCUT2D eigenvalue weighted by Gasteiger charge is 2.34. The molecule has 0 radical (unpaired) electrons. The zero-order valence-electron chi connectivity index (χ0n) is 8.96. The first-order chi connectivity index (χ1) is 8.30. The molecule has 0 fully saturated rings. The van der Waals surface area contributed by atoms with Crippen molar-refractivity contribution in [3.05, 3.63) is 41.7 Å². The Morgan fingerprint density at radius 1 is 1.39 bits per heavy atom. The molecule has 0 saturated heterocycles. The van der Waals surface area contributed by atoms with E-state index in [1.165, 1.54) is 6.08 Å². The van der Waals surface area contributed by atoms with Gasteiger partial charge in [0.05, 0.1) is 5.56 Å². The summed E-state index contributed by atoms with van der Waals surface area (Å²) in [5.41, 5.74) is -1.31. The fourth-order valence-corrected chi connectivity index (χ4v) is 1.19. The second-order valence-corrected chi connectivity index (χ2v) is 3.31. The van der Waals surface area contributed by atoms with Crippen LogP contribution >= 0.6 is 0 Å². The Kier molecular flexibility index (Phi) is 4.30. The van der Waals surface area contributed by atoms with Crippen molar-refractivity contribution in [1.82, 2.24) is 0 Å². The Bertz CT molecular complexity index is 469. The van der Waals surface area contributed by atoms with Gasteiger partial charge < -0.3 is 10.4 Å². The number of anilines is 1. The SMILES string of the molecule is O=C(O)/C=C/CNc1ccc(F)c(C(F)(F)F)c1. The van der Waals surface area contributed by atoms with Gasteiger partial charge in [0.2, 0.25) is 0 Å². The first kappa shape index (κ1) is 14.0. The van der Waals surface area contributed by atoms with Gasteiger partial charge in [-0.15, -0.1) is 0 Å². The number of halogens is 4. The van der Waals surface area contributed by atoms with Gasteiger partial charge in [0.15, 0.2) is 0 Å². The van der Waals surface area contributed by atoms with Crippen LogP contribution in [0.25, 0.3) is 0 Å². The average Bonchev–Trinajstić information content (AvgIpc) is 2.24. The highest BCUT2D eigenvalue weighted by molar-refractivity contribution is 5.79. The lowest BCUT2D eigenvalue weighted by Gasteiger charge is -2.10. The molecular weight excluding hydrogens is 254 g/mol. The van der Waals surface area contributed by atoms with Gasteiger partial charge in [0, 0.05) is 18.3 Å². The van der Waals surface area contributed by atoms with Crippen LogP contribution in [0, 0.1) is 5.82 Å². The third-order valence-electron chi connectivity index (χ3n) is 1.96. The molecule has 7 heteroatoms. The molecule has 18 heavy (non-hydrogen) atoms. The molecule has 0 bridgehead atoms. The second kappa shape index (κ2) is 5.52. The van der Waals surface area contributed by atoms with Crippen molar-refractivity contribution in [2.24, 2.45) is 0 Å². The maximum atomic E-state index is 12.9. The first-order valence-electron chi connectivity index (χ1n) is 4.81. The Morgan fingerprint density at radius 2 is 2.06 bits per heavy atom. The number of carboxylic acids is 1. The summed E-state index contributed by atoms with van der Waals surface area (Å²) >= 11 is 0. The van der Waals surface area contributed by atoms with Crippen LogP contribution in [-0.4, -0.2) is 17.6 Å². The number of carbonyl (C=O) groups is 1. The van der Waals surface area contributed by atoms with Crippen molar-refractivity contribution in [2.75, 3.05) is 11.9 Å². The summed E-state index contributed by atoms with van der Waals surface area (Å²) in [7, 11) is 0. The number of hydrogen-bond donors (Lipinski definition) is 2. The van der Waals surface area contributed by atoms with E-state index < -0.39 is 23.5 Å². The van der Waals surface area contributed by atoms with E-state index in [0.717, 1.165) is 12.1 Å². The minimum Gasteiger partial charge on any atom is -0.478 e. The zero-order chi connectivity index (χ0) is 13.8. The van der Waals surface area contributed by atoms with Crippen LogP contribution in [0.1, 0.15) is 5.56 Å². The highest BCUT2D eigenvalue weighted by Crippen LogP contribution is 2.32. The number of carboxylic acid groups (broad SMARTS) is 1. The second-order valence-electron chi connectivity index (χ2n) is 3.31. The number of nitrogens with one attached hydrogen (secondary N) is 1. The summed E-state index contributed by atoms with van der Waals surface area (Å²) in [6.45, 7) is 0.0230. The summed E-state index contributed by atoms with van der Waals surface area (Å²) in [5, 5.41) is 10.8. The van der Waals surface area contributed by atoms with Gasteiger partial charge in [-0.3, -0.25) is 0 Å². The first-order valence-corrected chi connectivity index (χ1v) is 4.81. The summed E-state index contributed by atoms with van der Waals surface area (Å²) in [6.07, 6.45) is -2.70. The fourth-order valence-electron chi connectivity index (χ4n) is 1.19. The van der Waals surface area contributed by atoms with Crippen molar-refractivity contribution in [3.8, 4) is 0 Å². The number of hydrogen-bond acceptors (Lipinski definition) is 2. The summed E-state index contributed by atoms with van der Waals surface area (Å²) in [5.74, 6) is -2.51. The summed E-state index contributed by atoms with van der Waals surface area (Å²) in [4.78, 5) is 10.1. The third-order valence-corrected chi connectivity index (χ3v) is 1.96. The lowest BCUT2D eigenvalue weighted by Crippen LogP contribution is -2.09. The van der Waals surface area contributed by atoms with Crippen LogP contribution in [-0.2, 0) is 11.0 Å². The van der Waals surface area contributed by atoms with Crippen LogP contribution in [0.3, 0.4) is 0 Å². The molecule has 0 aliphatic heterocycles. The molecular formula is C11H9F4NO2. The maximum absolute atomic E-state index is 12.9. The van der Waals surface area contributed by atoms with E-state index in [9.17, 15) is 22.4 Å². The topological polar surface area (TPSA) is 49.3 Å². The highest BCUT2D eigenvalue weighted by atomic mass is 19.4. The molecule has 0 saturated carbocycles. The van der Waals surface area contributed by atoms with Crippen LogP contribution in [0.2, 0.25) is 0 Å². The van der Waals surface area contributed by atoms with Gasteiger partial charge >= 0.3 is 12.1 Å². The van der Waals surface area contributed by atoms with Gasteiger partial charge in [-0.2, -0.15) is 13.2 Å². The Balaban J connectivity index is 2.77. The Labute approximate surface area is 99.7 Å². The quantitative estimate of drug-likeness (QED) is 0.648. The molecule has 0 atom stereocenters. The molecule has 1 aromatic carbocycles. The molecule has 0 aromatic heterocycles. The molecule has 98 valence electrons. The smallest absolute Gasteiger partial charge is 0.419 e. The standard InChI is InChI=1S/C11H9F4NO2/c12-9-4-3-7(6-8(9)11(13,14)15)16-5-1-2-10(17)18/h1-4,6,16H,5H2,(H,17,18)/b2-1+. The maximum Gasteiger partial charge on any atom is 0.419 e. The largest absolute Gasteiger partial charge is 0.478 e. The number of rotatable bonds is 4. The van der Waals surface area contributed by atoms with E-state index in [-0.39, 0.29) is 12.2 Å². The van der Waals surface area contributed by atoms with E-state index >= 15 is 0 Å². The molecule has 0 unspecified atom stereocenters. The molecule has 0 spiro atoms. The van der Waals surface area contributed by atoms with Crippen molar-refractivity contribution in [3.63, 3.8) is 0 Å². The summed E-state index contributed by atoms with van der Waals surface area (Å²) < 4.78 is 50.0. The molecule has 3 nitrogen and oxygen atoms in total. The predicted octanol–water partition coefficient (Wildman–Crippen LogP) is 2.90. The van der Waals surface area contributed by atoms with Crippen LogP contribution in [0.15, 0.2) is 30.4 Å². The van der Waals surface area contributed by atoms with E-state index in [0.29, 0.717) is 12.1 Å². The lowest BCUT2D eigenvalue weighted by atomic mass is 10.2. The van der Waals surface area contributed by atoms with Gasteiger partial charge in [-0.05, 0) is 18.2 Å². The van der Waals surface area contributed by atoms with Crippen LogP contribution in [0.4, 0.5) is 23.2 Å². The molecule has 1 aromatic rings. The fraction of sp³-hybridized carbons (Fsp3) is 0.182. The molecule has 0 aliphatic carbocycles. The normalized spacial score (nSPS) is 11.8. The molecule has 0 aliphatic rings. The summed E-state index contributed by atoms with van der Waals surface area (Å²) in [6, 6.07) is 2.47. The molecule has 1 rings (SSSR count). The average molecular weight is 263 g/mol. The Morgan fingerprint density at radius 3 is 2.61 bits per heavy atom. The minimum atomic E-state index is -4.77. The molecule has 2 N–H and O–H groups in total. The third kappa shape index (κ3) is 4.08. The number of benzene rings is 1. The number of aliphatic carboxylic acids is 1. The van der Waals surface area contributed by atoms with E-state index in [2.05, 4.69) is 5.32 Å². The van der Waals surface area contributed by atoms with Gasteiger partial charge in [0.25, 0.3) is 0 Å². The monoisotopic (exact) mass is 263 g/mol. The van der Waals surface area contributed by atoms with Crippen LogP contribution in [0.5, 0.6) is 0 Å². The zero-order valence-corrected chi connectivity index (χ0v) is 8.96. The number of alkyl halides is 3. The van der Waals surface area contributed by atoms with E-state index in [1.54, 1.807) is 0 Å². The van der Waals surface area contributed by atoms with E-state index in [1.807, 2.05) is 0 Å². The molecule has 0 amide bonds. The Hall–Kier alpha value is -2.05. The molecule has 0 heterocycles. The predicted molar refractivity (Wildman–Crippen MR) is 56.7 cm³/mol. The van der Waals surface area contributed by atoms with Crippen molar-refractivity contribution >= 4 is 11.7 Å². The van der Waals surface area contributed by atoms with Crippen LogP contribution < -0.4 is 5.32 Å². The van der Waals surface area contributed by atoms with Crippen molar-refractivity contribution < 1.29 is 27.5 Å². The lowest BCUT2D eigenvalue weighted by molar-refractivity contribution is -0.140. The van der Waals surface area contributed by atoms with Crippen molar-refractivity contribution in [1.29, 1.82) is 0 Å². The minimum absolute atomic E-state index is 0.0230. The van der Waals surface area contributed by atoms with Gasteiger partial charge in [0.1, 0.15) is 5.82 Å².